The first kappa shape index (κ1) is 12.0. The lowest BCUT2D eigenvalue weighted by Gasteiger charge is -2.05. The quantitative estimate of drug-likeness (QED) is 0.444. The average Bonchev–Trinajstić information content (AvgIpc) is 1.83. The van der Waals surface area contributed by atoms with Gasteiger partial charge in [-0.25, -0.2) is 0 Å². The van der Waals surface area contributed by atoms with E-state index in [1.807, 2.05) is 13.8 Å². The van der Waals surface area contributed by atoms with Crippen LogP contribution in [0.4, 0.5) is 8.78 Å². The molecule has 0 aliphatic rings. The van der Waals surface area contributed by atoms with Gasteiger partial charge in [-0.15, -0.1) is 0 Å². The Bertz CT molecular complexity index is 140. The molecule has 1 N–H and O–H groups in total. The zero-order chi connectivity index (χ0) is 9.61. The zero-order valence-corrected chi connectivity index (χ0v) is 8.87. The Kier molecular flexibility index (Phi) is 5.66. The fraction of sp³-hybridized carbons (Fsp3) is 0.750. The number of rotatable bonds is 5. The van der Waals surface area contributed by atoms with E-state index in [4.69, 9.17) is 0 Å². The molecule has 0 saturated heterocycles. The van der Waals surface area contributed by atoms with Gasteiger partial charge in [0.05, 0.1) is 0 Å². The van der Waals surface area contributed by atoms with Gasteiger partial charge >= 0.3 is 4.83 Å². The van der Waals surface area contributed by atoms with E-state index >= 15 is 0 Å². The van der Waals surface area contributed by atoms with E-state index in [1.165, 1.54) is 6.08 Å². The molecule has 0 heterocycles. The third-order valence-electron chi connectivity index (χ3n) is 1.17. The van der Waals surface area contributed by atoms with Crippen molar-refractivity contribution in [2.24, 2.45) is 0 Å². The highest BCUT2D eigenvalue weighted by Crippen LogP contribution is 2.22. The highest BCUT2D eigenvalue weighted by Gasteiger charge is 2.17. The van der Waals surface area contributed by atoms with Gasteiger partial charge in [0, 0.05) is 6.04 Å². The Morgan fingerprint density at radius 1 is 1.50 bits per heavy atom. The Morgan fingerprint density at radius 3 is 2.50 bits per heavy atom. The second-order valence-electron chi connectivity index (χ2n) is 2.84. The van der Waals surface area contributed by atoms with Crippen molar-refractivity contribution in [3.8, 4) is 0 Å². The predicted molar refractivity (Wildman–Crippen MR) is 50.8 cm³/mol. The van der Waals surface area contributed by atoms with E-state index in [-0.39, 0.29) is 0 Å². The highest BCUT2D eigenvalue weighted by atomic mass is 79.9. The van der Waals surface area contributed by atoms with E-state index in [0.717, 1.165) is 12.6 Å². The molecule has 0 aromatic rings. The summed E-state index contributed by atoms with van der Waals surface area (Å²) in [6, 6.07) is 0.405. The lowest BCUT2D eigenvalue weighted by Crippen LogP contribution is -2.23. The number of alkyl halides is 3. The van der Waals surface area contributed by atoms with Gasteiger partial charge in [0.1, 0.15) is 0 Å². The molecule has 0 saturated carbocycles. The van der Waals surface area contributed by atoms with Gasteiger partial charge in [-0.2, -0.15) is 8.78 Å². The van der Waals surface area contributed by atoms with Crippen molar-refractivity contribution in [3.63, 3.8) is 0 Å². The van der Waals surface area contributed by atoms with Crippen molar-refractivity contribution in [1.29, 1.82) is 0 Å². The van der Waals surface area contributed by atoms with Crippen molar-refractivity contribution in [2.75, 3.05) is 6.54 Å². The Morgan fingerprint density at radius 2 is 2.08 bits per heavy atom. The van der Waals surface area contributed by atoms with Crippen LogP contribution >= 0.6 is 15.9 Å². The monoisotopic (exact) mass is 241 g/mol. The molecule has 4 heteroatoms. The summed E-state index contributed by atoms with van der Waals surface area (Å²) in [6.07, 6.45) is 2.94. The van der Waals surface area contributed by atoms with Crippen molar-refractivity contribution in [2.45, 2.75) is 31.1 Å². The maximum atomic E-state index is 12.1. The molecular formula is C8H14BrF2N. The lowest BCUT2D eigenvalue weighted by atomic mass is 10.3. The topological polar surface area (TPSA) is 12.0 Å². The van der Waals surface area contributed by atoms with E-state index in [1.54, 1.807) is 0 Å². The molecule has 0 bridgehead atoms. The lowest BCUT2D eigenvalue weighted by molar-refractivity contribution is 0.171. The van der Waals surface area contributed by atoms with Gasteiger partial charge in [0.15, 0.2) is 0 Å². The fourth-order valence-electron chi connectivity index (χ4n) is 0.672. The Hall–Kier alpha value is 0.0400. The number of halogens is 3. The second-order valence-corrected chi connectivity index (χ2v) is 3.90. The van der Waals surface area contributed by atoms with Gasteiger partial charge in [0.25, 0.3) is 0 Å². The van der Waals surface area contributed by atoms with E-state index in [9.17, 15) is 8.78 Å². The van der Waals surface area contributed by atoms with Crippen LogP contribution in [0.25, 0.3) is 0 Å². The van der Waals surface area contributed by atoms with Gasteiger partial charge in [-0.3, -0.25) is 0 Å². The maximum Gasteiger partial charge on any atom is 0.319 e. The molecule has 1 nitrogen and oxygen atoms in total. The van der Waals surface area contributed by atoms with Crippen molar-refractivity contribution >= 4 is 15.9 Å². The molecule has 72 valence electrons. The van der Waals surface area contributed by atoms with Crippen LogP contribution in [0.5, 0.6) is 0 Å². The molecule has 0 aromatic carbocycles. The zero-order valence-electron chi connectivity index (χ0n) is 7.28. The molecule has 0 spiro atoms. The maximum absolute atomic E-state index is 12.1. The van der Waals surface area contributed by atoms with Crippen molar-refractivity contribution in [3.05, 3.63) is 12.2 Å². The van der Waals surface area contributed by atoms with Crippen LogP contribution in [0.3, 0.4) is 0 Å². The first-order valence-corrected chi connectivity index (χ1v) is 4.69. The van der Waals surface area contributed by atoms with Crippen LogP contribution in [0, 0.1) is 0 Å². The predicted octanol–water partition coefficient (Wildman–Crippen LogP) is 2.92. The first-order valence-electron chi connectivity index (χ1n) is 3.89. The first-order chi connectivity index (χ1) is 5.42. The summed E-state index contributed by atoms with van der Waals surface area (Å²) >= 11 is 2.22. The molecule has 0 aliphatic heterocycles. The van der Waals surface area contributed by atoms with E-state index < -0.39 is 4.83 Å². The molecular weight excluding hydrogens is 228 g/mol. The summed E-state index contributed by atoms with van der Waals surface area (Å²) in [5.74, 6) is 0. The smallest absolute Gasteiger partial charge is 0.314 e. The molecule has 0 fully saturated rings. The Labute approximate surface area is 80.4 Å². The molecule has 0 amide bonds. The number of hydrogen-bond donors (Lipinski definition) is 1. The Balaban J connectivity index is 3.37. The van der Waals surface area contributed by atoms with Crippen molar-refractivity contribution < 1.29 is 8.78 Å². The number of hydrogen-bond acceptors (Lipinski definition) is 1. The highest BCUT2D eigenvalue weighted by molar-refractivity contribution is 9.10. The van der Waals surface area contributed by atoms with Gasteiger partial charge < -0.3 is 5.32 Å². The third-order valence-corrected chi connectivity index (χ3v) is 1.43. The van der Waals surface area contributed by atoms with Crippen LogP contribution in [0.1, 0.15) is 20.3 Å². The molecule has 0 atom stereocenters. The molecule has 0 unspecified atom stereocenters. The molecule has 12 heavy (non-hydrogen) atoms. The number of nitrogens with one attached hydrogen (secondary N) is 1. The summed E-state index contributed by atoms with van der Waals surface area (Å²) in [5, 5.41) is 3.12. The standard InChI is InChI=1S/C8H14BrF2N/c1-7(2)12-6-4-3-5-8(9,10)11/h3,5,7,12H,4,6H2,1-2H3/b5-3+. The van der Waals surface area contributed by atoms with Crippen LogP contribution in [-0.4, -0.2) is 17.4 Å². The van der Waals surface area contributed by atoms with Gasteiger partial charge in [-0.1, -0.05) is 19.9 Å². The average molecular weight is 242 g/mol. The largest absolute Gasteiger partial charge is 0.319 e. The van der Waals surface area contributed by atoms with Gasteiger partial charge in [-0.05, 0) is 35.0 Å². The summed E-state index contributed by atoms with van der Waals surface area (Å²) in [6.45, 7) is 4.77. The van der Waals surface area contributed by atoms with E-state index in [0.29, 0.717) is 12.5 Å². The SMILES string of the molecule is CC(C)NCC/C=C/C(F)(F)Br. The van der Waals surface area contributed by atoms with Crippen LogP contribution in [-0.2, 0) is 0 Å². The summed E-state index contributed by atoms with van der Waals surface area (Å²) in [5.41, 5.74) is 0. The molecule has 0 radical (unpaired) electrons. The van der Waals surface area contributed by atoms with Crippen molar-refractivity contribution in [1.82, 2.24) is 5.32 Å². The summed E-state index contributed by atoms with van der Waals surface area (Å²) in [7, 11) is 0. The summed E-state index contributed by atoms with van der Waals surface area (Å²) in [4.78, 5) is -2.86. The third kappa shape index (κ3) is 10.0. The molecule has 0 aliphatic carbocycles. The molecule has 0 rings (SSSR count). The molecule has 0 aromatic heterocycles. The summed E-state index contributed by atoms with van der Waals surface area (Å²) < 4.78 is 24.2. The van der Waals surface area contributed by atoms with Crippen LogP contribution < -0.4 is 5.32 Å². The second kappa shape index (κ2) is 5.65. The van der Waals surface area contributed by atoms with Crippen LogP contribution in [0.2, 0.25) is 0 Å². The minimum absolute atomic E-state index is 0.405. The van der Waals surface area contributed by atoms with E-state index in [2.05, 4.69) is 21.2 Å². The minimum Gasteiger partial charge on any atom is -0.314 e. The fourth-order valence-corrected chi connectivity index (χ4v) is 0.859. The number of allylic oxidation sites excluding steroid dienone is 1. The minimum atomic E-state index is -2.86. The normalized spacial score (nSPS) is 13.2. The van der Waals surface area contributed by atoms with Crippen LogP contribution in [0.15, 0.2) is 12.2 Å². The van der Waals surface area contributed by atoms with Gasteiger partial charge in [0.2, 0.25) is 0 Å².